The van der Waals surface area contributed by atoms with E-state index in [-0.39, 0.29) is 37.4 Å². The maximum atomic E-state index is 12.7. The SMILES string of the molecule is CC[C@H](CC(=O)N1CCC[C@H](C(=O)O)C1)NC(=O)OCC1c2ccccc2-c2ccccc21. The molecule has 0 spiro atoms. The number of ether oxygens (including phenoxy) is 1. The lowest BCUT2D eigenvalue weighted by Gasteiger charge is -2.31. The second-order valence-corrected chi connectivity index (χ2v) is 8.80. The van der Waals surface area contributed by atoms with Crippen LogP contribution in [0.2, 0.25) is 0 Å². The molecule has 7 heteroatoms. The molecule has 1 saturated heterocycles. The summed E-state index contributed by atoms with van der Waals surface area (Å²) in [5.74, 6) is -1.54. The zero-order valence-corrected chi connectivity index (χ0v) is 18.8. The molecule has 0 saturated carbocycles. The summed E-state index contributed by atoms with van der Waals surface area (Å²) in [6, 6.07) is 15.9. The smallest absolute Gasteiger partial charge is 0.407 e. The standard InChI is InChI=1S/C26H30N2O5/c1-2-18(14-24(29)28-13-7-8-17(15-28)25(30)31)27-26(32)33-16-23-21-11-5-3-9-19(21)20-10-4-6-12-22(20)23/h3-6,9-12,17-18,23H,2,7-8,13-16H2,1H3,(H,27,32)(H,30,31)/t17-,18+/m0/s1. The highest BCUT2D eigenvalue weighted by atomic mass is 16.5. The molecule has 0 bridgehead atoms. The molecule has 33 heavy (non-hydrogen) atoms. The number of benzene rings is 2. The average molecular weight is 451 g/mol. The molecule has 2 atom stereocenters. The molecular weight excluding hydrogens is 420 g/mol. The van der Waals surface area contributed by atoms with Gasteiger partial charge in [0, 0.05) is 31.5 Å². The highest BCUT2D eigenvalue weighted by molar-refractivity contribution is 5.80. The summed E-state index contributed by atoms with van der Waals surface area (Å²) in [5.41, 5.74) is 4.62. The lowest BCUT2D eigenvalue weighted by molar-refractivity contribution is -0.145. The van der Waals surface area contributed by atoms with Crippen LogP contribution in [0.4, 0.5) is 4.79 Å². The number of nitrogens with one attached hydrogen (secondary N) is 1. The van der Waals surface area contributed by atoms with Crippen LogP contribution in [0, 0.1) is 5.92 Å². The van der Waals surface area contributed by atoms with Gasteiger partial charge in [0.1, 0.15) is 6.61 Å². The molecule has 1 fully saturated rings. The number of carbonyl (C=O) groups is 3. The van der Waals surface area contributed by atoms with E-state index in [0.29, 0.717) is 25.8 Å². The van der Waals surface area contributed by atoms with Crippen LogP contribution in [0.3, 0.4) is 0 Å². The zero-order valence-electron chi connectivity index (χ0n) is 18.8. The summed E-state index contributed by atoms with van der Waals surface area (Å²) in [6.07, 6.45) is 1.44. The molecule has 2 amide bonds. The average Bonchev–Trinajstić information content (AvgIpc) is 3.16. The van der Waals surface area contributed by atoms with Crippen molar-refractivity contribution in [2.75, 3.05) is 19.7 Å². The van der Waals surface area contributed by atoms with Crippen molar-refractivity contribution in [1.82, 2.24) is 10.2 Å². The van der Waals surface area contributed by atoms with E-state index in [1.807, 2.05) is 31.2 Å². The van der Waals surface area contributed by atoms with Crippen LogP contribution in [-0.2, 0) is 14.3 Å². The second kappa shape index (κ2) is 10.1. The summed E-state index contributed by atoms with van der Waals surface area (Å²) in [6.45, 7) is 2.91. The van der Waals surface area contributed by atoms with Gasteiger partial charge in [0.2, 0.25) is 5.91 Å². The lowest BCUT2D eigenvalue weighted by atomic mass is 9.97. The van der Waals surface area contributed by atoms with E-state index in [2.05, 4.69) is 29.6 Å². The minimum Gasteiger partial charge on any atom is -0.481 e. The molecule has 2 aromatic carbocycles. The fraction of sp³-hybridized carbons (Fsp3) is 0.423. The monoisotopic (exact) mass is 450 g/mol. The molecule has 4 rings (SSSR count). The maximum Gasteiger partial charge on any atom is 0.407 e. The Morgan fingerprint density at radius 1 is 1.09 bits per heavy atom. The van der Waals surface area contributed by atoms with Gasteiger partial charge >= 0.3 is 12.1 Å². The van der Waals surface area contributed by atoms with Crippen LogP contribution in [0.15, 0.2) is 48.5 Å². The van der Waals surface area contributed by atoms with Gasteiger partial charge in [-0.25, -0.2) is 4.79 Å². The molecule has 174 valence electrons. The van der Waals surface area contributed by atoms with Crippen molar-refractivity contribution < 1.29 is 24.2 Å². The van der Waals surface area contributed by atoms with Gasteiger partial charge in [-0.05, 0) is 41.5 Å². The fourth-order valence-corrected chi connectivity index (χ4v) is 4.85. The first-order valence-corrected chi connectivity index (χ1v) is 11.6. The van der Waals surface area contributed by atoms with E-state index in [1.54, 1.807) is 4.90 Å². The number of likely N-dealkylation sites (tertiary alicyclic amines) is 1. The number of fused-ring (bicyclic) bond motifs is 3. The number of carboxylic acids is 1. The molecule has 0 aromatic heterocycles. The molecular formula is C26H30N2O5. The van der Waals surface area contributed by atoms with Crippen molar-refractivity contribution in [3.8, 4) is 11.1 Å². The van der Waals surface area contributed by atoms with Crippen molar-refractivity contribution in [1.29, 1.82) is 0 Å². The van der Waals surface area contributed by atoms with Gasteiger partial charge in [-0.15, -0.1) is 0 Å². The fourth-order valence-electron chi connectivity index (χ4n) is 4.85. The Kier molecular flexibility index (Phi) is 6.96. The predicted octanol–water partition coefficient (Wildman–Crippen LogP) is 4.02. The van der Waals surface area contributed by atoms with Gasteiger partial charge in [0.25, 0.3) is 0 Å². The predicted molar refractivity (Wildman–Crippen MR) is 124 cm³/mol. The molecule has 2 aromatic rings. The van der Waals surface area contributed by atoms with E-state index < -0.39 is 18.0 Å². The van der Waals surface area contributed by atoms with Crippen LogP contribution < -0.4 is 5.32 Å². The third-order valence-corrected chi connectivity index (χ3v) is 6.70. The first kappa shape index (κ1) is 22.8. The van der Waals surface area contributed by atoms with Crippen molar-refractivity contribution in [3.63, 3.8) is 0 Å². The number of hydrogen-bond acceptors (Lipinski definition) is 4. The Balaban J connectivity index is 1.33. The third kappa shape index (κ3) is 5.02. The minimum atomic E-state index is -0.865. The molecule has 1 aliphatic heterocycles. The van der Waals surface area contributed by atoms with E-state index in [1.165, 1.54) is 11.1 Å². The molecule has 0 unspecified atom stereocenters. The Labute approximate surface area is 193 Å². The van der Waals surface area contributed by atoms with Gasteiger partial charge in [-0.2, -0.15) is 0 Å². The van der Waals surface area contributed by atoms with Crippen LogP contribution in [0.1, 0.15) is 49.7 Å². The first-order valence-electron chi connectivity index (χ1n) is 11.6. The number of nitrogens with zero attached hydrogens (tertiary/aromatic N) is 1. The number of piperidine rings is 1. The van der Waals surface area contributed by atoms with Crippen LogP contribution in [0.25, 0.3) is 11.1 Å². The number of alkyl carbamates (subject to hydrolysis) is 1. The quantitative estimate of drug-likeness (QED) is 0.664. The Hall–Kier alpha value is -3.35. The van der Waals surface area contributed by atoms with Crippen LogP contribution >= 0.6 is 0 Å². The van der Waals surface area contributed by atoms with E-state index in [4.69, 9.17) is 4.74 Å². The van der Waals surface area contributed by atoms with Gasteiger partial charge in [0.15, 0.2) is 0 Å². The Morgan fingerprint density at radius 3 is 2.33 bits per heavy atom. The van der Waals surface area contributed by atoms with Gasteiger partial charge in [-0.3, -0.25) is 9.59 Å². The summed E-state index contributed by atoms with van der Waals surface area (Å²) in [4.78, 5) is 38.1. The Bertz CT molecular complexity index is 991. The normalized spacial score (nSPS) is 18.2. The zero-order chi connectivity index (χ0) is 23.4. The number of aliphatic carboxylic acids is 1. The van der Waals surface area contributed by atoms with E-state index in [9.17, 15) is 19.5 Å². The summed E-state index contributed by atoms with van der Waals surface area (Å²) in [7, 11) is 0. The number of hydrogen-bond donors (Lipinski definition) is 2. The van der Waals surface area contributed by atoms with E-state index in [0.717, 1.165) is 11.1 Å². The van der Waals surface area contributed by atoms with Crippen molar-refractivity contribution in [3.05, 3.63) is 59.7 Å². The van der Waals surface area contributed by atoms with Crippen LogP contribution in [-0.4, -0.2) is 53.7 Å². The van der Waals surface area contributed by atoms with Crippen LogP contribution in [0.5, 0.6) is 0 Å². The molecule has 0 radical (unpaired) electrons. The molecule has 7 nitrogen and oxygen atoms in total. The summed E-state index contributed by atoms with van der Waals surface area (Å²) < 4.78 is 5.59. The van der Waals surface area contributed by atoms with Gasteiger partial charge in [-0.1, -0.05) is 55.5 Å². The first-order chi connectivity index (χ1) is 16.0. The largest absolute Gasteiger partial charge is 0.481 e. The van der Waals surface area contributed by atoms with Gasteiger partial charge < -0.3 is 20.1 Å². The minimum absolute atomic E-state index is 0.0221. The maximum absolute atomic E-state index is 12.7. The number of carbonyl (C=O) groups excluding carboxylic acids is 2. The molecule has 1 aliphatic carbocycles. The highest BCUT2D eigenvalue weighted by Crippen LogP contribution is 2.44. The lowest BCUT2D eigenvalue weighted by Crippen LogP contribution is -2.45. The second-order valence-electron chi connectivity index (χ2n) is 8.80. The van der Waals surface area contributed by atoms with Gasteiger partial charge in [0.05, 0.1) is 5.92 Å². The van der Waals surface area contributed by atoms with Crippen molar-refractivity contribution in [2.45, 2.75) is 44.6 Å². The molecule has 1 heterocycles. The van der Waals surface area contributed by atoms with Crippen molar-refractivity contribution in [2.24, 2.45) is 5.92 Å². The Morgan fingerprint density at radius 2 is 1.73 bits per heavy atom. The van der Waals surface area contributed by atoms with E-state index >= 15 is 0 Å². The summed E-state index contributed by atoms with van der Waals surface area (Å²) in [5, 5.41) is 12.1. The number of carboxylic acid groups (broad SMARTS) is 1. The third-order valence-electron chi connectivity index (χ3n) is 6.70. The number of amides is 2. The molecule has 2 aliphatic rings. The summed E-state index contributed by atoms with van der Waals surface area (Å²) >= 11 is 0. The highest BCUT2D eigenvalue weighted by Gasteiger charge is 2.31. The topological polar surface area (TPSA) is 95.9 Å². The number of rotatable bonds is 7. The van der Waals surface area contributed by atoms with Crippen molar-refractivity contribution >= 4 is 18.0 Å². The molecule has 2 N–H and O–H groups in total.